The largest absolute Gasteiger partial charge is 0.352 e. The van der Waals surface area contributed by atoms with Gasteiger partial charge in [-0.3, -0.25) is 13.9 Å². The summed E-state index contributed by atoms with van der Waals surface area (Å²) >= 11 is 19.2. The number of benzene rings is 4. The van der Waals surface area contributed by atoms with E-state index in [9.17, 15) is 18.0 Å². The van der Waals surface area contributed by atoms with Crippen molar-refractivity contribution in [3.63, 3.8) is 0 Å². The Balaban J connectivity index is 1.58. The molecule has 11 heteroatoms. The number of carbonyl (C=O) groups is 2. The Labute approximate surface area is 291 Å². The van der Waals surface area contributed by atoms with Crippen LogP contribution in [0.2, 0.25) is 15.1 Å². The van der Waals surface area contributed by atoms with E-state index < -0.39 is 28.5 Å². The molecule has 1 fully saturated rings. The van der Waals surface area contributed by atoms with Crippen molar-refractivity contribution in [2.75, 3.05) is 10.8 Å². The quantitative estimate of drug-likeness (QED) is 0.162. The van der Waals surface area contributed by atoms with Crippen LogP contribution in [0.5, 0.6) is 0 Å². The van der Waals surface area contributed by atoms with Crippen LogP contribution in [-0.4, -0.2) is 43.8 Å². The Morgan fingerprint density at radius 1 is 0.787 bits per heavy atom. The highest BCUT2D eigenvalue weighted by Gasteiger charge is 2.36. The van der Waals surface area contributed by atoms with Gasteiger partial charge in [-0.1, -0.05) is 121 Å². The minimum atomic E-state index is -4.28. The zero-order chi connectivity index (χ0) is 33.4. The molecule has 0 radical (unpaired) electrons. The maximum Gasteiger partial charge on any atom is 0.264 e. The monoisotopic (exact) mass is 711 g/mol. The standard InChI is InChI=1S/C36H36Cl3N3O4S/c37-28-21-29(38)23-31(22-28)42(47(45,46)32-17-8-3-9-18-32)25-35(43)41(24-27-14-10-11-19-33(27)39)34(20-26-12-4-1-5-13-26)36(44)40-30-15-6-2-7-16-30/h1,3-5,8-14,17-19,21-23,30,34H,2,6-7,15-16,20,24-25H2,(H,40,44)/t34-/m1/s1. The van der Waals surface area contributed by atoms with Gasteiger partial charge in [0.1, 0.15) is 12.6 Å². The van der Waals surface area contributed by atoms with Crippen molar-refractivity contribution in [1.82, 2.24) is 10.2 Å². The molecule has 1 N–H and O–H groups in total. The smallest absolute Gasteiger partial charge is 0.264 e. The van der Waals surface area contributed by atoms with Gasteiger partial charge in [0.25, 0.3) is 10.0 Å². The van der Waals surface area contributed by atoms with Gasteiger partial charge in [-0.2, -0.15) is 0 Å². The van der Waals surface area contributed by atoms with Gasteiger partial charge in [0, 0.05) is 34.1 Å². The summed E-state index contributed by atoms with van der Waals surface area (Å²) in [6, 6.07) is 27.8. The van der Waals surface area contributed by atoms with Crippen molar-refractivity contribution < 1.29 is 18.0 Å². The molecule has 246 valence electrons. The fourth-order valence-electron chi connectivity index (χ4n) is 5.84. The molecular weight excluding hydrogens is 677 g/mol. The highest BCUT2D eigenvalue weighted by atomic mass is 35.5. The zero-order valence-corrected chi connectivity index (χ0v) is 28.8. The number of nitrogens with one attached hydrogen (secondary N) is 1. The first-order chi connectivity index (χ1) is 22.6. The van der Waals surface area contributed by atoms with Crippen LogP contribution in [0, 0.1) is 0 Å². The van der Waals surface area contributed by atoms with Gasteiger partial charge in [0.2, 0.25) is 11.8 Å². The molecule has 4 aromatic rings. The molecular formula is C36H36Cl3N3O4S. The van der Waals surface area contributed by atoms with Crippen LogP contribution in [0.1, 0.15) is 43.2 Å². The summed E-state index contributed by atoms with van der Waals surface area (Å²) in [5.41, 5.74) is 1.58. The number of rotatable bonds is 12. The molecule has 4 aromatic carbocycles. The molecule has 0 aliphatic heterocycles. The number of halogens is 3. The first-order valence-corrected chi connectivity index (χ1v) is 18.1. The minimum absolute atomic E-state index is 0.00431. The molecule has 1 atom stereocenters. The van der Waals surface area contributed by atoms with E-state index in [1.807, 2.05) is 30.3 Å². The molecule has 0 spiro atoms. The first kappa shape index (κ1) is 34.8. The number of nitrogens with zero attached hydrogens (tertiary/aromatic N) is 2. The summed E-state index contributed by atoms with van der Waals surface area (Å²) in [4.78, 5) is 30.3. The van der Waals surface area contributed by atoms with E-state index in [-0.39, 0.29) is 45.5 Å². The third-order valence-electron chi connectivity index (χ3n) is 8.27. The third-order valence-corrected chi connectivity index (χ3v) is 10.9. The average molecular weight is 713 g/mol. The lowest BCUT2D eigenvalue weighted by Crippen LogP contribution is -2.55. The molecule has 0 unspecified atom stereocenters. The normalized spacial score (nSPS) is 14.3. The van der Waals surface area contributed by atoms with Gasteiger partial charge in [-0.05, 0) is 60.4 Å². The molecule has 0 saturated heterocycles. The van der Waals surface area contributed by atoms with Crippen LogP contribution in [0.15, 0.2) is 108 Å². The van der Waals surface area contributed by atoms with E-state index in [4.69, 9.17) is 34.8 Å². The van der Waals surface area contributed by atoms with Gasteiger partial charge in [-0.15, -0.1) is 0 Å². The minimum Gasteiger partial charge on any atom is -0.352 e. The van der Waals surface area contributed by atoms with E-state index in [0.29, 0.717) is 10.6 Å². The second kappa shape index (κ2) is 16.0. The van der Waals surface area contributed by atoms with E-state index in [1.165, 1.54) is 35.2 Å². The van der Waals surface area contributed by atoms with Gasteiger partial charge in [0.15, 0.2) is 0 Å². The van der Waals surface area contributed by atoms with Crippen LogP contribution >= 0.6 is 34.8 Å². The number of hydrogen-bond acceptors (Lipinski definition) is 4. The summed E-state index contributed by atoms with van der Waals surface area (Å²) in [5, 5.41) is 4.03. The lowest BCUT2D eigenvalue weighted by molar-refractivity contribution is -0.140. The number of anilines is 1. The Kier molecular flexibility index (Phi) is 11.9. The van der Waals surface area contributed by atoms with Crippen LogP contribution in [0.3, 0.4) is 0 Å². The molecule has 0 bridgehead atoms. The fraction of sp³-hybridized carbons (Fsp3) is 0.278. The lowest BCUT2D eigenvalue weighted by atomic mass is 9.94. The molecule has 2 amide bonds. The Morgan fingerprint density at radius 2 is 1.38 bits per heavy atom. The van der Waals surface area contributed by atoms with Crippen LogP contribution in [0.25, 0.3) is 0 Å². The second-order valence-electron chi connectivity index (χ2n) is 11.6. The maximum absolute atomic E-state index is 14.6. The van der Waals surface area contributed by atoms with Crippen LogP contribution in [-0.2, 0) is 32.6 Å². The van der Waals surface area contributed by atoms with Gasteiger partial charge < -0.3 is 10.2 Å². The summed E-state index contributed by atoms with van der Waals surface area (Å²) < 4.78 is 29.3. The van der Waals surface area contributed by atoms with Gasteiger partial charge in [-0.25, -0.2) is 8.42 Å². The molecule has 0 aromatic heterocycles. The third kappa shape index (κ3) is 9.08. The molecule has 1 saturated carbocycles. The van der Waals surface area contributed by atoms with E-state index in [0.717, 1.165) is 42.0 Å². The number of hydrogen-bond donors (Lipinski definition) is 1. The number of amides is 2. The lowest BCUT2D eigenvalue weighted by Gasteiger charge is -2.35. The van der Waals surface area contributed by atoms with E-state index in [1.54, 1.807) is 42.5 Å². The van der Waals surface area contributed by atoms with Gasteiger partial charge >= 0.3 is 0 Å². The van der Waals surface area contributed by atoms with Crippen molar-refractivity contribution in [2.45, 2.75) is 62.0 Å². The zero-order valence-electron chi connectivity index (χ0n) is 25.7. The molecule has 0 heterocycles. The molecule has 7 nitrogen and oxygen atoms in total. The number of carbonyl (C=O) groups excluding carboxylic acids is 2. The molecule has 5 rings (SSSR count). The maximum atomic E-state index is 14.6. The summed E-state index contributed by atoms with van der Waals surface area (Å²) in [5.74, 6) is -0.898. The Morgan fingerprint density at radius 3 is 2.02 bits per heavy atom. The van der Waals surface area contributed by atoms with Crippen molar-refractivity contribution in [2.24, 2.45) is 0 Å². The summed E-state index contributed by atoms with van der Waals surface area (Å²) in [7, 11) is -4.28. The van der Waals surface area contributed by atoms with Crippen molar-refractivity contribution >= 4 is 62.3 Å². The predicted molar refractivity (Wildman–Crippen MR) is 188 cm³/mol. The Hall–Kier alpha value is -3.56. The molecule has 47 heavy (non-hydrogen) atoms. The van der Waals surface area contributed by atoms with Crippen LogP contribution < -0.4 is 9.62 Å². The first-order valence-electron chi connectivity index (χ1n) is 15.5. The van der Waals surface area contributed by atoms with Crippen LogP contribution in [0.4, 0.5) is 5.69 Å². The van der Waals surface area contributed by atoms with E-state index >= 15 is 0 Å². The van der Waals surface area contributed by atoms with Crippen molar-refractivity contribution in [3.8, 4) is 0 Å². The highest BCUT2D eigenvalue weighted by molar-refractivity contribution is 7.92. The fourth-order valence-corrected chi connectivity index (χ4v) is 7.97. The molecule has 1 aliphatic carbocycles. The topological polar surface area (TPSA) is 86.8 Å². The average Bonchev–Trinajstić information content (AvgIpc) is 3.06. The summed E-state index contributed by atoms with van der Waals surface area (Å²) in [6.45, 7) is -0.649. The van der Waals surface area contributed by atoms with Crippen molar-refractivity contribution in [3.05, 3.63) is 129 Å². The van der Waals surface area contributed by atoms with E-state index in [2.05, 4.69) is 5.32 Å². The van der Waals surface area contributed by atoms with Crippen molar-refractivity contribution in [1.29, 1.82) is 0 Å². The van der Waals surface area contributed by atoms with Gasteiger partial charge in [0.05, 0.1) is 10.6 Å². The SMILES string of the molecule is O=C(NC1CCCCC1)[C@@H](Cc1ccccc1)N(Cc1ccccc1Cl)C(=O)CN(c1cc(Cl)cc(Cl)c1)S(=O)(=O)c1ccccc1. The second-order valence-corrected chi connectivity index (χ2v) is 14.8. The summed E-state index contributed by atoms with van der Waals surface area (Å²) in [6.07, 6.45) is 5.10. The highest BCUT2D eigenvalue weighted by Crippen LogP contribution is 2.31. The Bertz CT molecular complexity index is 1770. The molecule has 1 aliphatic rings. The number of sulfonamides is 1. The predicted octanol–water partition coefficient (Wildman–Crippen LogP) is 7.93.